The SMILES string of the molecule is CC1(C)CCCN1CC1CCCC1CN. The Morgan fingerprint density at radius 1 is 1.20 bits per heavy atom. The highest BCUT2D eigenvalue weighted by Crippen LogP contribution is 2.35. The first-order valence-corrected chi connectivity index (χ1v) is 6.58. The fourth-order valence-corrected chi connectivity index (χ4v) is 3.45. The Kier molecular flexibility index (Phi) is 3.36. The van der Waals surface area contributed by atoms with Crippen molar-refractivity contribution in [2.24, 2.45) is 17.6 Å². The zero-order valence-electron chi connectivity index (χ0n) is 10.3. The molecule has 0 amide bonds. The van der Waals surface area contributed by atoms with Gasteiger partial charge >= 0.3 is 0 Å². The molecular formula is C13H26N2. The Hall–Kier alpha value is -0.0800. The second kappa shape index (κ2) is 4.42. The third-order valence-electron chi connectivity index (χ3n) is 4.65. The molecule has 2 rings (SSSR count). The van der Waals surface area contributed by atoms with Crippen LogP contribution in [-0.2, 0) is 0 Å². The van der Waals surface area contributed by atoms with Crippen molar-refractivity contribution in [1.82, 2.24) is 4.90 Å². The third-order valence-corrected chi connectivity index (χ3v) is 4.65. The van der Waals surface area contributed by atoms with E-state index in [0.717, 1.165) is 18.4 Å². The summed E-state index contributed by atoms with van der Waals surface area (Å²) >= 11 is 0. The Morgan fingerprint density at radius 3 is 2.53 bits per heavy atom. The second-order valence-electron chi connectivity index (χ2n) is 6.05. The van der Waals surface area contributed by atoms with Crippen molar-refractivity contribution in [1.29, 1.82) is 0 Å². The van der Waals surface area contributed by atoms with Crippen LogP contribution in [0.4, 0.5) is 0 Å². The highest BCUT2D eigenvalue weighted by Gasteiger charge is 2.36. The zero-order chi connectivity index (χ0) is 10.9. The first kappa shape index (κ1) is 11.4. The molecule has 2 nitrogen and oxygen atoms in total. The van der Waals surface area contributed by atoms with Crippen LogP contribution in [0.3, 0.4) is 0 Å². The number of hydrogen-bond donors (Lipinski definition) is 1. The molecule has 15 heavy (non-hydrogen) atoms. The fraction of sp³-hybridized carbons (Fsp3) is 1.00. The van der Waals surface area contributed by atoms with Gasteiger partial charge in [0.2, 0.25) is 0 Å². The van der Waals surface area contributed by atoms with Crippen LogP contribution in [-0.4, -0.2) is 30.1 Å². The van der Waals surface area contributed by atoms with Gasteiger partial charge in [0.25, 0.3) is 0 Å². The molecule has 0 radical (unpaired) electrons. The number of rotatable bonds is 3. The molecule has 1 aliphatic carbocycles. The lowest BCUT2D eigenvalue weighted by molar-refractivity contribution is 0.135. The van der Waals surface area contributed by atoms with E-state index in [1.165, 1.54) is 45.2 Å². The minimum absolute atomic E-state index is 0.446. The van der Waals surface area contributed by atoms with E-state index in [2.05, 4.69) is 18.7 Å². The summed E-state index contributed by atoms with van der Waals surface area (Å²) in [5.74, 6) is 1.69. The van der Waals surface area contributed by atoms with Crippen molar-refractivity contribution in [3.8, 4) is 0 Å². The lowest BCUT2D eigenvalue weighted by atomic mass is 9.93. The first-order valence-electron chi connectivity index (χ1n) is 6.58. The average Bonchev–Trinajstić information content (AvgIpc) is 2.74. The molecule has 1 heterocycles. The average molecular weight is 210 g/mol. The maximum atomic E-state index is 5.85. The van der Waals surface area contributed by atoms with E-state index in [1.54, 1.807) is 0 Å². The van der Waals surface area contributed by atoms with E-state index < -0.39 is 0 Å². The lowest BCUT2D eigenvalue weighted by Crippen LogP contribution is -2.42. The van der Waals surface area contributed by atoms with Crippen molar-refractivity contribution >= 4 is 0 Å². The molecule has 2 N–H and O–H groups in total. The van der Waals surface area contributed by atoms with Crippen LogP contribution in [0.15, 0.2) is 0 Å². The molecule has 0 aromatic heterocycles. The maximum Gasteiger partial charge on any atom is 0.0153 e. The monoisotopic (exact) mass is 210 g/mol. The van der Waals surface area contributed by atoms with Crippen LogP contribution in [0, 0.1) is 11.8 Å². The summed E-state index contributed by atoms with van der Waals surface area (Å²) in [6.07, 6.45) is 6.94. The fourth-order valence-electron chi connectivity index (χ4n) is 3.45. The van der Waals surface area contributed by atoms with E-state index in [-0.39, 0.29) is 0 Å². The minimum Gasteiger partial charge on any atom is -0.330 e. The molecule has 1 saturated carbocycles. The van der Waals surface area contributed by atoms with Gasteiger partial charge in [-0.05, 0) is 64.5 Å². The molecule has 88 valence electrons. The Morgan fingerprint density at radius 2 is 1.93 bits per heavy atom. The molecule has 0 spiro atoms. The molecule has 2 aliphatic rings. The summed E-state index contributed by atoms with van der Waals surface area (Å²) in [6.45, 7) is 8.30. The predicted molar refractivity (Wildman–Crippen MR) is 64.8 cm³/mol. The van der Waals surface area contributed by atoms with Gasteiger partial charge < -0.3 is 5.73 Å². The van der Waals surface area contributed by atoms with Crippen molar-refractivity contribution in [3.63, 3.8) is 0 Å². The molecule has 2 atom stereocenters. The number of nitrogens with zero attached hydrogens (tertiary/aromatic N) is 1. The van der Waals surface area contributed by atoms with Crippen LogP contribution >= 0.6 is 0 Å². The van der Waals surface area contributed by atoms with Crippen molar-refractivity contribution in [2.45, 2.75) is 51.5 Å². The summed E-state index contributed by atoms with van der Waals surface area (Å²) in [7, 11) is 0. The van der Waals surface area contributed by atoms with E-state index in [0.29, 0.717) is 5.54 Å². The van der Waals surface area contributed by atoms with Crippen LogP contribution in [0.1, 0.15) is 46.0 Å². The molecular weight excluding hydrogens is 184 g/mol. The van der Waals surface area contributed by atoms with Crippen LogP contribution in [0.25, 0.3) is 0 Å². The van der Waals surface area contributed by atoms with E-state index >= 15 is 0 Å². The molecule has 0 aromatic carbocycles. The Bertz CT molecular complexity index is 213. The maximum absolute atomic E-state index is 5.85. The highest BCUT2D eigenvalue weighted by atomic mass is 15.2. The molecule has 2 heteroatoms. The van der Waals surface area contributed by atoms with Crippen molar-refractivity contribution in [3.05, 3.63) is 0 Å². The normalized spacial score (nSPS) is 36.2. The van der Waals surface area contributed by atoms with Gasteiger partial charge in [-0.3, -0.25) is 4.90 Å². The summed E-state index contributed by atoms with van der Waals surface area (Å²) in [6, 6.07) is 0. The van der Waals surface area contributed by atoms with E-state index in [4.69, 9.17) is 5.73 Å². The number of hydrogen-bond acceptors (Lipinski definition) is 2. The first-order chi connectivity index (χ1) is 7.13. The molecule has 1 saturated heterocycles. The van der Waals surface area contributed by atoms with Gasteiger partial charge in [0.15, 0.2) is 0 Å². The quantitative estimate of drug-likeness (QED) is 0.774. The van der Waals surface area contributed by atoms with E-state index in [9.17, 15) is 0 Å². The van der Waals surface area contributed by atoms with Gasteiger partial charge in [-0.2, -0.15) is 0 Å². The number of nitrogens with two attached hydrogens (primary N) is 1. The second-order valence-corrected chi connectivity index (χ2v) is 6.05. The Balaban J connectivity index is 1.91. The lowest BCUT2D eigenvalue weighted by Gasteiger charge is -2.35. The van der Waals surface area contributed by atoms with Gasteiger partial charge in [-0.15, -0.1) is 0 Å². The third kappa shape index (κ3) is 2.36. The molecule has 0 aromatic rings. The Labute approximate surface area is 94.2 Å². The molecule has 0 bridgehead atoms. The smallest absolute Gasteiger partial charge is 0.0153 e. The van der Waals surface area contributed by atoms with Crippen molar-refractivity contribution < 1.29 is 0 Å². The standard InChI is InChI=1S/C13H26N2/c1-13(2)7-4-8-15(13)10-12-6-3-5-11(12)9-14/h11-12H,3-10,14H2,1-2H3. The molecule has 1 aliphatic heterocycles. The summed E-state index contributed by atoms with van der Waals surface area (Å²) < 4.78 is 0. The van der Waals surface area contributed by atoms with Gasteiger partial charge in [0.1, 0.15) is 0 Å². The number of likely N-dealkylation sites (tertiary alicyclic amines) is 1. The van der Waals surface area contributed by atoms with E-state index in [1.807, 2.05) is 0 Å². The highest BCUT2D eigenvalue weighted by molar-refractivity contribution is 4.91. The molecule has 2 fully saturated rings. The van der Waals surface area contributed by atoms with Gasteiger partial charge in [0, 0.05) is 12.1 Å². The topological polar surface area (TPSA) is 29.3 Å². The van der Waals surface area contributed by atoms with Crippen molar-refractivity contribution in [2.75, 3.05) is 19.6 Å². The minimum atomic E-state index is 0.446. The van der Waals surface area contributed by atoms with Gasteiger partial charge in [-0.25, -0.2) is 0 Å². The van der Waals surface area contributed by atoms with Gasteiger partial charge in [0.05, 0.1) is 0 Å². The van der Waals surface area contributed by atoms with Crippen LogP contribution < -0.4 is 5.73 Å². The van der Waals surface area contributed by atoms with Crippen LogP contribution in [0.2, 0.25) is 0 Å². The largest absolute Gasteiger partial charge is 0.330 e. The summed E-state index contributed by atoms with van der Waals surface area (Å²) in [5.41, 5.74) is 6.29. The summed E-state index contributed by atoms with van der Waals surface area (Å²) in [5, 5.41) is 0. The predicted octanol–water partition coefficient (Wildman–Crippen LogP) is 2.24. The van der Waals surface area contributed by atoms with Crippen LogP contribution in [0.5, 0.6) is 0 Å². The zero-order valence-corrected chi connectivity index (χ0v) is 10.3. The molecule has 2 unspecified atom stereocenters. The summed E-state index contributed by atoms with van der Waals surface area (Å²) in [4.78, 5) is 2.70. The van der Waals surface area contributed by atoms with Gasteiger partial charge in [-0.1, -0.05) is 6.42 Å².